The van der Waals surface area contributed by atoms with E-state index in [9.17, 15) is 4.79 Å². The molecule has 8 heteroatoms. The summed E-state index contributed by atoms with van der Waals surface area (Å²) in [6.07, 6.45) is 22.8. The lowest BCUT2D eigenvalue weighted by Crippen LogP contribution is -2.44. The molecule has 1 amide bonds. The SMILES string of the molecule is CCCCCCCC/C=C/CCCCCCCC(=O)Nc1nnc(NCCCN2CCN(C)CC2)s1. The van der Waals surface area contributed by atoms with E-state index in [0.29, 0.717) is 11.6 Å². The van der Waals surface area contributed by atoms with Crippen LogP contribution in [0.25, 0.3) is 0 Å². The number of rotatable bonds is 21. The fourth-order valence-electron chi connectivity index (χ4n) is 4.45. The molecule has 2 heterocycles. The third-order valence-electron chi connectivity index (χ3n) is 6.86. The van der Waals surface area contributed by atoms with Crippen LogP contribution < -0.4 is 10.6 Å². The van der Waals surface area contributed by atoms with Gasteiger partial charge in [-0.1, -0.05) is 81.8 Å². The van der Waals surface area contributed by atoms with Crippen molar-refractivity contribution in [3.05, 3.63) is 12.2 Å². The summed E-state index contributed by atoms with van der Waals surface area (Å²) in [6.45, 7) is 8.88. The minimum absolute atomic E-state index is 0.0467. The summed E-state index contributed by atoms with van der Waals surface area (Å²) in [5.41, 5.74) is 0. The number of hydrogen-bond acceptors (Lipinski definition) is 7. The second kappa shape index (κ2) is 20.5. The molecule has 0 aliphatic carbocycles. The van der Waals surface area contributed by atoms with E-state index in [4.69, 9.17) is 0 Å². The molecule has 0 spiro atoms. The zero-order valence-electron chi connectivity index (χ0n) is 23.1. The second-order valence-corrected chi connectivity index (χ2v) is 11.2. The first-order chi connectivity index (χ1) is 17.7. The topological polar surface area (TPSA) is 73.4 Å². The average Bonchev–Trinajstić information content (AvgIpc) is 3.32. The van der Waals surface area contributed by atoms with Crippen molar-refractivity contribution < 1.29 is 4.79 Å². The monoisotopic (exact) mass is 520 g/mol. The van der Waals surface area contributed by atoms with Crippen molar-refractivity contribution in [2.45, 2.75) is 103 Å². The molecule has 0 aromatic carbocycles. The predicted octanol–water partition coefficient (Wildman–Crippen LogP) is 6.56. The first-order valence-electron chi connectivity index (χ1n) is 14.6. The lowest BCUT2D eigenvalue weighted by atomic mass is 10.1. The largest absolute Gasteiger partial charge is 0.360 e. The van der Waals surface area contributed by atoms with E-state index >= 15 is 0 Å². The molecule has 1 aromatic rings. The number of carbonyl (C=O) groups is 1. The number of aromatic nitrogens is 2. The third kappa shape index (κ3) is 15.6. The number of nitrogens with one attached hydrogen (secondary N) is 2. The quantitative estimate of drug-likeness (QED) is 0.141. The van der Waals surface area contributed by atoms with E-state index in [-0.39, 0.29) is 5.91 Å². The van der Waals surface area contributed by atoms with E-state index in [2.05, 4.69) is 56.8 Å². The van der Waals surface area contributed by atoms with Gasteiger partial charge < -0.3 is 20.4 Å². The summed E-state index contributed by atoms with van der Waals surface area (Å²) in [5, 5.41) is 15.9. The highest BCUT2D eigenvalue weighted by Crippen LogP contribution is 2.20. The molecule has 2 N–H and O–H groups in total. The van der Waals surface area contributed by atoms with Crippen molar-refractivity contribution in [2.24, 2.45) is 0 Å². The molecule has 0 unspecified atom stereocenters. The zero-order chi connectivity index (χ0) is 25.7. The van der Waals surface area contributed by atoms with Gasteiger partial charge in [0.25, 0.3) is 0 Å². The van der Waals surface area contributed by atoms with Crippen molar-refractivity contribution in [3.63, 3.8) is 0 Å². The van der Waals surface area contributed by atoms with Crippen LogP contribution in [0.4, 0.5) is 10.3 Å². The molecule has 2 rings (SSSR count). The van der Waals surface area contributed by atoms with Gasteiger partial charge in [-0.05, 0) is 52.1 Å². The Labute approximate surface area is 224 Å². The number of nitrogens with zero attached hydrogens (tertiary/aromatic N) is 4. The Morgan fingerprint density at radius 3 is 2.14 bits per heavy atom. The van der Waals surface area contributed by atoms with Gasteiger partial charge in [-0.2, -0.15) is 0 Å². The van der Waals surface area contributed by atoms with Gasteiger partial charge in [0.05, 0.1) is 0 Å². The second-order valence-electron chi connectivity index (χ2n) is 10.2. The van der Waals surface area contributed by atoms with Crippen LogP contribution in [0, 0.1) is 0 Å². The van der Waals surface area contributed by atoms with Crippen molar-refractivity contribution in [3.8, 4) is 0 Å². The molecule has 0 radical (unpaired) electrons. The summed E-state index contributed by atoms with van der Waals surface area (Å²) in [4.78, 5) is 17.1. The minimum atomic E-state index is 0.0467. The third-order valence-corrected chi connectivity index (χ3v) is 7.66. The lowest BCUT2D eigenvalue weighted by Gasteiger charge is -2.32. The van der Waals surface area contributed by atoms with Crippen LogP contribution in [-0.4, -0.2) is 72.2 Å². The Morgan fingerprint density at radius 2 is 1.44 bits per heavy atom. The van der Waals surface area contributed by atoms with Gasteiger partial charge in [0.15, 0.2) is 0 Å². The Kier molecular flexibility index (Phi) is 17.5. The van der Waals surface area contributed by atoms with Crippen molar-refractivity contribution in [2.75, 3.05) is 56.9 Å². The van der Waals surface area contributed by atoms with Crippen LogP contribution in [0.3, 0.4) is 0 Å². The number of anilines is 2. The number of hydrogen-bond donors (Lipinski definition) is 2. The summed E-state index contributed by atoms with van der Waals surface area (Å²) < 4.78 is 0. The average molecular weight is 521 g/mol. The normalized spacial score (nSPS) is 15.1. The van der Waals surface area contributed by atoms with E-state index in [1.54, 1.807) is 0 Å². The number of piperazine rings is 1. The summed E-state index contributed by atoms with van der Waals surface area (Å²) >= 11 is 1.42. The van der Waals surface area contributed by atoms with Crippen LogP contribution in [0.2, 0.25) is 0 Å². The van der Waals surface area contributed by atoms with Crippen LogP contribution >= 0.6 is 11.3 Å². The summed E-state index contributed by atoms with van der Waals surface area (Å²) in [5.74, 6) is 0.0467. The smallest absolute Gasteiger partial charge is 0.226 e. The highest BCUT2D eigenvalue weighted by molar-refractivity contribution is 7.19. The predicted molar refractivity (Wildman–Crippen MR) is 155 cm³/mol. The van der Waals surface area contributed by atoms with Crippen molar-refractivity contribution in [1.29, 1.82) is 0 Å². The maximum atomic E-state index is 12.2. The van der Waals surface area contributed by atoms with Gasteiger partial charge in [0, 0.05) is 39.1 Å². The highest BCUT2D eigenvalue weighted by atomic mass is 32.1. The molecule has 1 aliphatic heterocycles. The fraction of sp³-hybridized carbons (Fsp3) is 0.821. The van der Waals surface area contributed by atoms with Gasteiger partial charge in [0.2, 0.25) is 16.2 Å². The van der Waals surface area contributed by atoms with E-state index in [1.165, 1.54) is 82.0 Å². The standard InChI is InChI=1S/C28H52N6OS/c1-3-4-5-6-7-8-9-10-11-12-13-14-15-16-17-19-26(35)30-28-32-31-27(36-28)29-20-18-21-34-24-22-33(2)23-25-34/h10-11H,3-9,12-25H2,1-2H3,(H,29,31)(H,30,32,35)/b11-10+. The molecule has 7 nitrogen and oxygen atoms in total. The first-order valence-corrected chi connectivity index (χ1v) is 15.4. The maximum Gasteiger partial charge on any atom is 0.226 e. The Hall–Kier alpha value is -1.51. The maximum absolute atomic E-state index is 12.2. The zero-order valence-corrected chi connectivity index (χ0v) is 23.9. The highest BCUT2D eigenvalue weighted by Gasteiger charge is 2.13. The molecule has 1 fully saturated rings. The molecule has 0 bridgehead atoms. The summed E-state index contributed by atoms with van der Waals surface area (Å²) in [7, 11) is 2.18. The molecule has 0 atom stereocenters. The molecule has 1 saturated heterocycles. The molecular weight excluding hydrogens is 468 g/mol. The van der Waals surface area contributed by atoms with Crippen molar-refractivity contribution >= 4 is 27.5 Å². The number of likely N-dealkylation sites (N-methyl/N-ethyl adjacent to an activating group) is 1. The Morgan fingerprint density at radius 1 is 0.833 bits per heavy atom. The van der Waals surface area contributed by atoms with Crippen LogP contribution in [-0.2, 0) is 4.79 Å². The minimum Gasteiger partial charge on any atom is -0.360 e. The number of carbonyl (C=O) groups excluding carboxylic acids is 1. The first kappa shape index (κ1) is 30.7. The Bertz CT molecular complexity index is 702. The fourth-order valence-corrected chi connectivity index (χ4v) is 5.14. The van der Waals surface area contributed by atoms with Gasteiger partial charge in [-0.25, -0.2) is 0 Å². The van der Waals surface area contributed by atoms with Gasteiger partial charge in [-0.15, -0.1) is 10.2 Å². The van der Waals surface area contributed by atoms with Gasteiger partial charge in [0.1, 0.15) is 0 Å². The summed E-state index contributed by atoms with van der Waals surface area (Å²) in [6, 6.07) is 0. The van der Waals surface area contributed by atoms with Crippen molar-refractivity contribution in [1.82, 2.24) is 20.0 Å². The molecular formula is C28H52N6OS. The van der Waals surface area contributed by atoms with E-state index < -0.39 is 0 Å². The molecule has 0 saturated carbocycles. The van der Waals surface area contributed by atoms with Gasteiger partial charge >= 0.3 is 0 Å². The molecule has 1 aliphatic rings. The molecule has 36 heavy (non-hydrogen) atoms. The number of unbranched alkanes of at least 4 members (excludes halogenated alkanes) is 11. The van der Waals surface area contributed by atoms with E-state index in [0.717, 1.165) is 63.7 Å². The van der Waals surface area contributed by atoms with Crippen LogP contribution in [0.15, 0.2) is 12.2 Å². The lowest BCUT2D eigenvalue weighted by molar-refractivity contribution is -0.116. The molecule has 1 aromatic heterocycles. The van der Waals surface area contributed by atoms with Crippen LogP contribution in [0.5, 0.6) is 0 Å². The number of allylic oxidation sites excluding steroid dienone is 2. The number of amides is 1. The van der Waals surface area contributed by atoms with Gasteiger partial charge in [-0.3, -0.25) is 4.79 Å². The van der Waals surface area contributed by atoms with E-state index in [1.807, 2.05) is 0 Å². The molecule has 206 valence electrons. The Balaban J connectivity index is 1.39. The van der Waals surface area contributed by atoms with Crippen LogP contribution in [0.1, 0.15) is 103 Å².